The largest absolute Gasteiger partial charge is 0.454 e. The fourth-order valence-corrected chi connectivity index (χ4v) is 7.53. The van der Waals surface area contributed by atoms with E-state index in [1.54, 1.807) is 0 Å². The van der Waals surface area contributed by atoms with E-state index in [1.807, 2.05) is 0 Å². The lowest BCUT2D eigenvalue weighted by Crippen LogP contribution is -1.96. The standard InChI is InChI=1S/C44H28N2O/c1-3-14-30(15-4-1)45-39-24-11-9-20-34(39)36-23-13-22-35(42(36)45)33-19-8-7-18-32(33)29-26-27-41-38(28-29)43-44(47-41)37-21-10-12-25-40(37)46(43)31-16-5-2-6-17-31/h1-28H. The minimum Gasteiger partial charge on any atom is -0.454 e. The zero-order valence-electron chi connectivity index (χ0n) is 25.5. The van der Waals surface area contributed by atoms with Crippen LogP contribution >= 0.6 is 0 Å². The maximum atomic E-state index is 6.61. The summed E-state index contributed by atoms with van der Waals surface area (Å²) < 4.78 is 11.4. The molecule has 3 nitrogen and oxygen atoms in total. The fraction of sp³-hybridized carbons (Fsp3) is 0. The van der Waals surface area contributed by atoms with Gasteiger partial charge in [0.2, 0.25) is 0 Å². The molecule has 0 saturated heterocycles. The Hall–Kier alpha value is -6.32. The van der Waals surface area contributed by atoms with Gasteiger partial charge in [-0.1, -0.05) is 115 Å². The molecule has 0 bridgehead atoms. The Labute approximate surface area is 271 Å². The average molecular weight is 601 g/mol. The topological polar surface area (TPSA) is 23.0 Å². The van der Waals surface area contributed by atoms with Crippen LogP contribution in [0.4, 0.5) is 0 Å². The van der Waals surface area contributed by atoms with E-state index in [0.717, 1.165) is 49.9 Å². The second-order valence-corrected chi connectivity index (χ2v) is 12.1. The summed E-state index contributed by atoms with van der Waals surface area (Å²) in [5.74, 6) is 0. The first-order chi connectivity index (χ1) is 23.3. The quantitative estimate of drug-likeness (QED) is 0.197. The van der Waals surface area contributed by atoms with Crippen LogP contribution in [0.5, 0.6) is 0 Å². The lowest BCUT2D eigenvalue weighted by Gasteiger charge is -2.15. The third-order valence-corrected chi connectivity index (χ3v) is 9.53. The molecule has 220 valence electrons. The van der Waals surface area contributed by atoms with Crippen LogP contribution < -0.4 is 0 Å². The van der Waals surface area contributed by atoms with Gasteiger partial charge >= 0.3 is 0 Å². The highest BCUT2D eigenvalue weighted by Gasteiger charge is 2.21. The zero-order chi connectivity index (χ0) is 30.9. The fourth-order valence-electron chi connectivity index (χ4n) is 7.53. The Kier molecular flexibility index (Phi) is 5.57. The molecule has 10 rings (SSSR count). The maximum absolute atomic E-state index is 6.61. The van der Waals surface area contributed by atoms with E-state index >= 15 is 0 Å². The van der Waals surface area contributed by atoms with Crippen LogP contribution in [0.1, 0.15) is 0 Å². The predicted molar refractivity (Wildman–Crippen MR) is 196 cm³/mol. The summed E-state index contributed by atoms with van der Waals surface area (Å²) in [7, 11) is 0. The van der Waals surface area contributed by atoms with E-state index in [2.05, 4.69) is 179 Å². The van der Waals surface area contributed by atoms with Gasteiger partial charge in [0.05, 0.1) is 16.6 Å². The van der Waals surface area contributed by atoms with Crippen molar-refractivity contribution >= 4 is 54.8 Å². The Bertz CT molecular complexity index is 2780. The van der Waals surface area contributed by atoms with Gasteiger partial charge in [-0.05, 0) is 71.3 Å². The van der Waals surface area contributed by atoms with Crippen LogP contribution in [-0.4, -0.2) is 9.13 Å². The van der Waals surface area contributed by atoms with Gasteiger partial charge in [-0.3, -0.25) is 0 Å². The van der Waals surface area contributed by atoms with Crippen molar-refractivity contribution in [1.29, 1.82) is 0 Å². The Morgan fingerprint density at radius 3 is 1.66 bits per heavy atom. The molecule has 0 amide bonds. The molecule has 0 atom stereocenters. The number of aromatic nitrogens is 2. The maximum Gasteiger partial charge on any atom is 0.161 e. The molecule has 0 radical (unpaired) electrons. The first-order valence-corrected chi connectivity index (χ1v) is 16.0. The Balaban J connectivity index is 1.25. The lowest BCUT2D eigenvalue weighted by molar-refractivity contribution is 0.673. The molecule has 3 heterocycles. The summed E-state index contributed by atoms with van der Waals surface area (Å²) in [6.45, 7) is 0. The molecule has 3 aromatic heterocycles. The van der Waals surface area contributed by atoms with Crippen molar-refractivity contribution in [3.8, 4) is 33.6 Å². The highest BCUT2D eigenvalue weighted by atomic mass is 16.3. The number of furan rings is 1. The second kappa shape index (κ2) is 10.1. The summed E-state index contributed by atoms with van der Waals surface area (Å²) in [5.41, 5.74) is 13.5. The minimum absolute atomic E-state index is 0.887. The van der Waals surface area contributed by atoms with Crippen LogP contribution in [-0.2, 0) is 0 Å². The summed E-state index contributed by atoms with van der Waals surface area (Å²) in [4.78, 5) is 0. The molecule has 47 heavy (non-hydrogen) atoms. The number of hydrogen-bond donors (Lipinski definition) is 0. The molecule has 0 spiro atoms. The van der Waals surface area contributed by atoms with Gasteiger partial charge in [0.15, 0.2) is 5.58 Å². The van der Waals surface area contributed by atoms with Crippen LogP contribution in [0.15, 0.2) is 174 Å². The van der Waals surface area contributed by atoms with E-state index in [9.17, 15) is 0 Å². The van der Waals surface area contributed by atoms with Crippen molar-refractivity contribution in [2.24, 2.45) is 0 Å². The number of rotatable bonds is 4. The van der Waals surface area contributed by atoms with Crippen molar-refractivity contribution in [3.05, 3.63) is 170 Å². The normalized spacial score (nSPS) is 11.8. The summed E-state index contributed by atoms with van der Waals surface area (Å²) >= 11 is 0. The SMILES string of the molecule is c1ccc(-n2c3ccccc3c3cccc(-c4ccccc4-c4ccc5oc6c7ccccc7n(-c7ccccc7)c6c5c4)c32)cc1. The Morgan fingerprint density at radius 1 is 0.362 bits per heavy atom. The van der Waals surface area contributed by atoms with Gasteiger partial charge in [-0.2, -0.15) is 0 Å². The van der Waals surface area contributed by atoms with Crippen molar-refractivity contribution in [2.45, 2.75) is 0 Å². The number of para-hydroxylation sites is 5. The van der Waals surface area contributed by atoms with Gasteiger partial charge in [0.1, 0.15) is 11.1 Å². The third kappa shape index (κ3) is 3.81. The molecule has 0 saturated carbocycles. The minimum atomic E-state index is 0.887. The van der Waals surface area contributed by atoms with Gasteiger partial charge in [-0.15, -0.1) is 0 Å². The Morgan fingerprint density at radius 2 is 0.915 bits per heavy atom. The number of fused-ring (bicyclic) bond motifs is 8. The van der Waals surface area contributed by atoms with Gasteiger partial charge in [0, 0.05) is 38.5 Å². The smallest absolute Gasteiger partial charge is 0.161 e. The first kappa shape index (κ1) is 26.0. The molecular formula is C44H28N2O. The molecule has 3 heteroatoms. The molecule has 0 unspecified atom stereocenters. The zero-order valence-corrected chi connectivity index (χ0v) is 25.5. The van der Waals surface area contributed by atoms with Crippen LogP contribution in [0.2, 0.25) is 0 Å². The van der Waals surface area contributed by atoms with Crippen LogP contribution in [0.3, 0.4) is 0 Å². The van der Waals surface area contributed by atoms with Crippen molar-refractivity contribution in [1.82, 2.24) is 9.13 Å². The van der Waals surface area contributed by atoms with Crippen molar-refractivity contribution in [3.63, 3.8) is 0 Å². The first-order valence-electron chi connectivity index (χ1n) is 16.0. The molecule has 10 aromatic rings. The molecule has 0 aliphatic carbocycles. The van der Waals surface area contributed by atoms with E-state index in [1.165, 1.54) is 38.5 Å². The summed E-state index contributed by atoms with van der Waals surface area (Å²) in [6, 6.07) is 60.6. The van der Waals surface area contributed by atoms with Gasteiger partial charge in [0.25, 0.3) is 0 Å². The molecule has 0 aliphatic rings. The molecule has 0 N–H and O–H groups in total. The van der Waals surface area contributed by atoms with Crippen molar-refractivity contribution in [2.75, 3.05) is 0 Å². The van der Waals surface area contributed by atoms with E-state index in [4.69, 9.17) is 4.42 Å². The van der Waals surface area contributed by atoms with Crippen LogP contribution in [0.25, 0.3) is 88.4 Å². The third-order valence-electron chi connectivity index (χ3n) is 9.53. The number of benzene rings is 7. The average Bonchev–Trinajstić information content (AvgIpc) is 3.79. The van der Waals surface area contributed by atoms with Gasteiger partial charge in [-0.25, -0.2) is 0 Å². The molecule has 0 fully saturated rings. The molecule has 7 aromatic carbocycles. The van der Waals surface area contributed by atoms with Crippen molar-refractivity contribution < 1.29 is 4.42 Å². The monoisotopic (exact) mass is 600 g/mol. The number of nitrogens with zero attached hydrogens (tertiary/aromatic N) is 2. The summed E-state index contributed by atoms with van der Waals surface area (Å²) in [5, 5.41) is 4.71. The predicted octanol–water partition coefficient (Wildman–Crippen LogP) is 12.0. The highest BCUT2D eigenvalue weighted by Crippen LogP contribution is 2.44. The highest BCUT2D eigenvalue weighted by molar-refractivity contribution is 6.18. The second-order valence-electron chi connectivity index (χ2n) is 12.1. The number of hydrogen-bond acceptors (Lipinski definition) is 1. The van der Waals surface area contributed by atoms with Crippen LogP contribution in [0, 0.1) is 0 Å². The van der Waals surface area contributed by atoms with E-state index in [-0.39, 0.29) is 0 Å². The summed E-state index contributed by atoms with van der Waals surface area (Å²) in [6.07, 6.45) is 0. The van der Waals surface area contributed by atoms with E-state index in [0.29, 0.717) is 0 Å². The lowest BCUT2D eigenvalue weighted by atomic mass is 9.92. The van der Waals surface area contributed by atoms with Gasteiger partial charge < -0.3 is 13.6 Å². The molecule has 0 aliphatic heterocycles. The molecular weight excluding hydrogens is 572 g/mol. The van der Waals surface area contributed by atoms with E-state index < -0.39 is 0 Å².